The lowest BCUT2D eigenvalue weighted by Crippen LogP contribution is -2.17. The first-order valence-corrected chi connectivity index (χ1v) is 12.7. The van der Waals surface area contributed by atoms with E-state index in [0.29, 0.717) is 35.3 Å². The zero-order chi connectivity index (χ0) is 26.8. The van der Waals surface area contributed by atoms with Gasteiger partial charge in [-0.05, 0) is 52.3 Å². The molecule has 0 aliphatic carbocycles. The minimum atomic E-state index is -0.595. The number of Topliss-reactive ketones (excluding diaryl/α,β-unsaturated/α-hetero) is 1. The van der Waals surface area contributed by atoms with Crippen molar-refractivity contribution in [1.29, 1.82) is 0 Å². The molecule has 0 saturated carbocycles. The van der Waals surface area contributed by atoms with E-state index < -0.39 is 12.2 Å². The lowest BCUT2D eigenvalue weighted by Gasteiger charge is -2.19. The molecule has 0 aliphatic heterocycles. The van der Waals surface area contributed by atoms with E-state index in [0.717, 1.165) is 17.3 Å². The highest BCUT2D eigenvalue weighted by Crippen LogP contribution is 2.37. The predicted octanol–water partition coefficient (Wildman–Crippen LogP) is 4.54. The van der Waals surface area contributed by atoms with Crippen LogP contribution in [0, 0.1) is 0 Å². The van der Waals surface area contributed by atoms with Crippen molar-refractivity contribution in [2.75, 3.05) is 40.3 Å². The quantitative estimate of drug-likeness (QED) is 0.187. The second kappa shape index (κ2) is 14.1. The summed E-state index contributed by atoms with van der Waals surface area (Å²) in [5, 5.41) is 4.82. The molecular weight excluding hydrogens is 488 g/mol. The van der Waals surface area contributed by atoms with Gasteiger partial charge in [-0.3, -0.25) is 4.79 Å². The molecule has 0 saturated heterocycles. The standard InChI is InChI=1S/C25H36N2O8S/c1-9-33-13-17-11-19(30-6)21(20(12-17)31-7)18(28)14-36-24-22(25(29)34-10-2)23(32-8)26-27(24)16(5)35-15(3)4/h11-12,15-16H,9-10,13-14H2,1-8H3. The molecule has 1 heterocycles. The Hall–Kier alpha value is -2.76. The van der Waals surface area contributed by atoms with Gasteiger partial charge in [0, 0.05) is 6.61 Å². The Labute approximate surface area is 216 Å². The van der Waals surface area contributed by atoms with Crippen LogP contribution in [0.3, 0.4) is 0 Å². The van der Waals surface area contributed by atoms with Crippen LogP contribution in [0.1, 0.15) is 67.1 Å². The molecule has 0 fully saturated rings. The van der Waals surface area contributed by atoms with Gasteiger partial charge in [0.15, 0.2) is 11.3 Å². The molecule has 1 aromatic heterocycles. The number of aromatic nitrogens is 2. The fourth-order valence-electron chi connectivity index (χ4n) is 3.51. The molecule has 1 unspecified atom stereocenters. The molecule has 0 bridgehead atoms. The lowest BCUT2D eigenvalue weighted by molar-refractivity contribution is -0.0372. The highest BCUT2D eigenvalue weighted by atomic mass is 32.2. The van der Waals surface area contributed by atoms with Gasteiger partial charge in [0.1, 0.15) is 28.3 Å². The van der Waals surface area contributed by atoms with Crippen LogP contribution in [0.25, 0.3) is 0 Å². The first kappa shape index (κ1) is 29.5. The van der Waals surface area contributed by atoms with Crippen molar-refractivity contribution in [2.45, 2.75) is 58.6 Å². The van der Waals surface area contributed by atoms with Crippen molar-refractivity contribution in [3.05, 3.63) is 28.8 Å². The van der Waals surface area contributed by atoms with Crippen molar-refractivity contribution in [2.24, 2.45) is 0 Å². The van der Waals surface area contributed by atoms with Gasteiger partial charge in [-0.15, -0.1) is 5.10 Å². The Morgan fingerprint density at radius 3 is 2.11 bits per heavy atom. The zero-order valence-corrected chi connectivity index (χ0v) is 23.0. The average Bonchev–Trinajstić information content (AvgIpc) is 3.23. The predicted molar refractivity (Wildman–Crippen MR) is 136 cm³/mol. The number of hydrogen-bond acceptors (Lipinski definition) is 10. The Kier molecular flexibility index (Phi) is 11.5. The lowest BCUT2D eigenvalue weighted by atomic mass is 10.1. The zero-order valence-electron chi connectivity index (χ0n) is 22.2. The van der Waals surface area contributed by atoms with Crippen molar-refractivity contribution in [1.82, 2.24) is 9.78 Å². The van der Waals surface area contributed by atoms with E-state index in [1.165, 1.54) is 26.0 Å². The number of esters is 1. The normalized spacial score (nSPS) is 11.9. The second-order valence-electron chi connectivity index (χ2n) is 7.86. The van der Waals surface area contributed by atoms with E-state index in [4.69, 9.17) is 28.4 Å². The fraction of sp³-hybridized carbons (Fsp3) is 0.560. The molecule has 36 heavy (non-hydrogen) atoms. The summed E-state index contributed by atoms with van der Waals surface area (Å²) in [6, 6.07) is 3.51. The van der Waals surface area contributed by atoms with E-state index in [1.807, 2.05) is 20.8 Å². The van der Waals surface area contributed by atoms with Gasteiger partial charge in [-0.1, -0.05) is 11.8 Å². The summed E-state index contributed by atoms with van der Waals surface area (Å²) in [6.07, 6.45) is -0.619. The number of ether oxygens (including phenoxy) is 6. The van der Waals surface area contributed by atoms with Gasteiger partial charge in [-0.2, -0.15) is 0 Å². The molecule has 2 rings (SSSR count). The Bertz CT molecular complexity index is 1010. The summed E-state index contributed by atoms with van der Waals surface area (Å²) in [6.45, 7) is 10.3. The second-order valence-corrected chi connectivity index (χ2v) is 8.83. The van der Waals surface area contributed by atoms with E-state index in [-0.39, 0.29) is 35.7 Å². The molecule has 0 spiro atoms. The van der Waals surface area contributed by atoms with E-state index >= 15 is 0 Å². The van der Waals surface area contributed by atoms with Crippen molar-refractivity contribution >= 4 is 23.5 Å². The molecule has 0 radical (unpaired) electrons. The summed E-state index contributed by atoms with van der Waals surface area (Å²) in [7, 11) is 4.41. The first-order valence-electron chi connectivity index (χ1n) is 11.7. The maximum absolute atomic E-state index is 13.4. The number of benzene rings is 1. The highest BCUT2D eigenvalue weighted by Gasteiger charge is 2.30. The number of rotatable bonds is 15. The molecule has 1 aromatic carbocycles. The molecule has 0 N–H and O–H groups in total. The largest absolute Gasteiger partial charge is 0.496 e. The topological polar surface area (TPSA) is 107 Å². The monoisotopic (exact) mass is 524 g/mol. The number of thioether (sulfide) groups is 1. The van der Waals surface area contributed by atoms with E-state index in [2.05, 4.69) is 5.10 Å². The van der Waals surface area contributed by atoms with Crippen LogP contribution in [0.4, 0.5) is 0 Å². The number of hydrogen-bond donors (Lipinski definition) is 0. The number of methoxy groups -OCH3 is 3. The molecule has 11 heteroatoms. The third kappa shape index (κ3) is 7.14. The Morgan fingerprint density at radius 1 is 0.972 bits per heavy atom. The minimum absolute atomic E-state index is 0.0345. The smallest absolute Gasteiger partial charge is 0.346 e. The third-order valence-corrected chi connectivity index (χ3v) is 6.05. The third-order valence-electron chi connectivity index (χ3n) is 4.98. The van der Waals surface area contributed by atoms with Crippen LogP contribution in [0.5, 0.6) is 17.4 Å². The molecule has 1 atom stereocenters. The van der Waals surface area contributed by atoms with Gasteiger partial charge in [0.25, 0.3) is 0 Å². The van der Waals surface area contributed by atoms with E-state index in [9.17, 15) is 9.59 Å². The van der Waals surface area contributed by atoms with Gasteiger partial charge in [0.05, 0.1) is 46.4 Å². The van der Waals surface area contributed by atoms with Gasteiger partial charge in [-0.25, -0.2) is 9.48 Å². The maximum Gasteiger partial charge on any atom is 0.346 e. The molecule has 200 valence electrons. The maximum atomic E-state index is 13.4. The highest BCUT2D eigenvalue weighted by molar-refractivity contribution is 8.00. The van der Waals surface area contributed by atoms with Crippen molar-refractivity contribution in [3.8, 4) is 17.4 Å². The summed E-state index contributed by atoms with van der Waals surface area (Å²) >= 11 is 1.13. The first-order chi connectivity index (χ1) is 17.2. The summed E-state index contributed by atoms with van der Waals surface area (Å²) in [4.78, 5) is 26.2. The van der Waals surface area contributed by atoms with E-state index in [1.54, 1.807) is 26.0 Å². The van der Waals surface area contributed by atoms with Crippen LogP contribution in [0.2, 0.25) is 0 Å². The Balaban J connectivity index is 2.46. The molecule has 0 amide bonds. The minimum Gasteiger partial charge on any atom is -0.496 e. The van der Waals surface area contributed by atoms with Gasteiger partial charge >= 0.3 is 5.97 Å². The molecule has 10 nitrogen and oxygen atoms in total. The van der Waals surface area contributed by atoms with Crippen molar-refractivity contribution in [3.63, 3.8) is 0 Å². The van der Waals surface area contributed by atoms with Crippen LogP contribution >= 0.6 is 11.8 Å². The number of carbonyl (C=O) groups is 2. The van der Waals surface area contributed by atoms with Gasteiger partial charge in [0.2, 0.25) is 5.88 Å². The fourth-order valence-corrected chi connectivity index (χ4v) is 4.56. The summed E-state index contributed by atoms with van der Waals surface area (Å²) in [5.74, 6) is -0.0326. The summed E-state index contributed by atoms with van der Waals surface area (Å²) in [5.41, 5.74) is 1.26. The molecule has 0 aliphatic rings. The van der Waals surface area contributed by atoms with Crippen LogP contribution in [0.15, 0.2) is 17.2 Å². The SMILES string of the molecule is CCOCc1cc(OC)c(C(=O)CSc2c(C(=O)OCC)c(OC)nn2C(C)OC(C)C)c(OC)c1. The average molecular weight is 525 g/mol. The number of carbonyl (C=O) groups excluding carboxylic acids is 2. The van der Waals surface area contributed by atoms with Crippen molar-refractivity contribution < 1.29 is 38.0 Å². The molecule has 2 aromatic rings. The number of nitrogens with zero attached hydrogens (tertiary/aromatic N) is 2. The Morgan fingerprint density at radius 2 is 1.61 bits per heavy atom. The number of ketones is 1. The van der Waals surface area contributed by atoms with Crippen LogP contribution in [-0.4, -0.2) is 67.9 Å². The molecular formula is C25H36N2O8S. The summed E-state index contributed by atoms with van der Waals surface area (Å²) < 4.78 is 34.5. The van der Waals surface area contributed by atoms with Crippen LogP contribution < -0.4 is 14.2 Å². The van der Waals surface area contributed by atoms with Crippen LogP contribution in [-0.2, 0) is 20.8 Å². The van der Waals surface area contributed by atoms with Gasteiger partial charge < -0.3 is 28.4 Å².